The first-order valence-corrected chi connectivity index (χ1v) is 7.10. The number of hydrogen-bond acceptors (Lipinski definition) is 2. The zero-order chi connectivity index (χ0) is 13.7. The van der Waals surface area contributed by atoms with Crippen molar-refractivity contribution >= 4 is 15.9 Å². The minimum Gasteiger partial charge on any atom is -0.314 e. The van der Waals surface area contributed by atoms with Crippen molar-refractivity contribution < 1.29 is 0 Å². The van der Waals surface area contributed by atoms with Crippen molar-refractivity contribution in [3.63, 3.8) is 0 Å². The summed E-state index contributed by atoms with van der Waals surface area (Å²) in [6.45, 7) is 3.56. The Kier molecular flexibility index (Phi) is 4.93. The summed E-state index contributed by atoms with van der Waals surface area (Å²) in [6, 6.07) is 13.7. The summed E-state index contributed by atoms with van der Waals surface area (Å²) < 4.78 is 2.79. The molecule has 4 heteroatoms. The molecule has 1 unspecified atom stereocenters. The largest absolute Gasteiger partial charge is 0.314 e. The van der Waals surface area contributed by atoms with Gasteiger partial charge in [-0.15, -0.1) is 0 Å². The van der Waals surface area contributed by atoms with Crippen LogP contribution in [0.5, 0.6) is 0 Å². The van der Waals surface area contributed by atoms with Crippen LogP contribution in [0.1, 0.15) is 18.5 Å². The molecule has 0 saturated carbocycles. The van der Waals surface area contributed by atoms with E-state index in [0.717, 1.165) is 11.0 Å². The van der Waals surface area contributed by atoms with E-state index in [1.54, 1.807) is 16.7 Å². The molecule has 0 aliphatic heterocycles. The molecule has 0 bridgehead atoms. The third-order valence-corrected chi connectivity index (χ3v) is 3.54. The van der Waals surface area contributed by atoms with Crippen molar-refractivity contribution in [1.29, 1.82) is 0 Å². The van der Waals surface area contributed by atoms with Crippen molar-refractivity contribution in [2.75, 3.05) is 6.54 Å². The van der Waals surface area contributed by atoms with Crippen LogP contribution < -0.4 is 10.9 Å². The molecule has 2 aromatic rings. The monoisotopic (exact) mass is 320 g/mol. The average molecular weight is 321 g/mol. The van der Waals surface area contributed by atoms with E-state index in [9.17, 15) is 4.79 Å². The molecule has 100 valence electrons. The fourth-order valence-corrected chi connectivity index (χ4v) is 2.36. The summed E-state index contributed by atoms with van der Waals surface area (Å²) in [5.41, 5.74) is 1.27. The number of pyridine rings is 1. The minimum absolute atomic E-state index is 0.0411. The summed E-state index contributed by atoms with van der Waals surface area (Å²) >= 11 is 3.47. The van der Waals surface area contributed by atoms with Crippen molar-refractivity contribution in [2.45, 2.75) is 19.5 Å². The second-order valence-corrected chi connectivity index (χ2v) is 5.38. The highest BCUT2D eigenvalue weighted by Crippen LogP contribution is 2.17. The number of nitrogens with one attached hydrogen (secondary N) is 1. The van der Waals surface area contributed by atoms with Gasteiger partial charge in [0.15, 0.2) is 0 Å². The molecule has 2 rings (SSSR count). The number of aromatic nitrogens is 1. The SMILES string of the molecule is CC(NCCn1ccccc1=O)c1cccc(Br)c1. The Hall–Kier alpha value is -1.39. The summed E-state index contributed by atoms with van der Waals surface area (Å²) in [6.07, 6.45) is 1.81. The molecule has 1 aromatic carbocycles. The van der Waals surface area contributed by atoms with E-state index in [2.05, 4.69) is 40.3 Å². The number of nitrogens with zero attached hydrogens (tertiary/aromatic N) is 1. The third-order valence-electron chi connectivity index (χ3n) is 3.05. The van der Waals surface area contributed by atoms with Gasteiger partial charge < -0.3 is 9.88 Å². The van der Waals surface area contributed by atoms with Crippen molar-refractivity contribution in [3.8, 4) is 0 Å². The Morgan fingerprint density at radius 3 is 2.84 bits per heavy atom. The van der Waals surface area contributed by atoms with Crippen LogP contribution in [0.2, 0.25) is 0 Å². The van der Waals surface area contributed by atoms with Crippen LogP contribution in [-0.4, -0.2) is 11.1 Å². The second-order valence-electron chi connectivity index (χ2n) is 4.46. The Balaban J connectivity index is 1.89. The lowest BCUT2D eigenvalue weighted by molar-refractivity contribution is 0.524. The van der Waals surface area contributed by atoms with Crippen LogP contribution in [0, 0.1) is 0 Å². The molecule has 0 aliphatic rings. The molecule has 0 aliphatic carbocycles. The highest BCUT2D eigenvalue weighted by molar-refractivity contribution is 9.10. The fraction of sp³-hybridized carbons (Fsp3) is 0.267. The predicted molar refractivity (Wildman–Crippen MR) is 81.3 cm³/mol. The Morgan fingerprint density at radius 1 is 1.26 bits per heavy atom. The highest BCUT2D eigenvalue weighted by Gasteiger charge is 2.04. The molecular formula is C15H17BrN2O. The summed E-state index contributed by atoms with van der Waals surface area (Å²) in [5.74, 6) is 0. The van der Waals surface area contributed by atoms with Gasteiger partial charge in [0.25, 0.3) is 5.56 Å². The molecule has 1 aromatic heterocycles. The van der Waals surface area contributed by atoms with Crippen LogP contribution >= 0.6 is 15.9 Å². The highest BCUT2D eigenvalue weighted by atomic mass is 79.9. The van der Waals surface area contributed by atoms with Gasteiger partial charge in [-0.1, -0.05) is 34.1 Å². The first kappa shape index (κ1) is 14.0. The summed E-state index contributed by atoms with van der Waals surface area (Å²) in [7, 11) is 0. The van der Waals surface area contributed by atoms with Gasteiger partial charge in [0.2, 0.25) is 0 Å². The molecule has 0 fully saturated rings. The molecule has 0 amide bonds. The molecule has 1 heterocycles. The van der Waals surface area contributed by atoms with E-state index in [4.69, 9.17) is 0 Å². The molecule has 19 heavy (non-hydrogen) atoms. The van der Waals surface area contributed by atoms with Gasteiger partial charge >= 0.3 is 0 Å². The lowest BCUT2D eigenvalue weighted by Gasteiger charge is -2.15. The third kappa shape index (κ3) is 4.04. The van der Waals surface area contributed by atoms with E-state index in [1.807, 2.05) is 24.4 Å². The van der Waals surface area contributed by atoms with Crippen LogP contribution in [0.15, 0.2) is 57.9 Å². The molecular weight excluding hydrogens is 304 g/mol. The van der Waals surface area contributed by atoms with Crippen molar-refractivity contribution in [2.24, 2.45) is 0 Å². The predicted octanol–water partition coefficient (Wildman–Crippen LogP) is 2.96. The van der Waals surface area contributed by atoms with Crippen LogP contribution in [0.4, 0.5) is 0 Å². The first-order valence-electron chi connectivity index (χ1n) is 6.31. The van der Waals surface area contributed by atoms with Gasteiger partial charge in [-0.2, -0.15) is 0 Å². The average Bonchev–Trinajstić information content (AvgIpc) is 2.41. The molecule has 0 radical (unpaired) electrons. The molecule has 1 atom stereocenters. The lowest BCUT2D eigenvalue weighted by Crippen LogP contribution is -2.27. The zero-order valence-electron chi connectivity index (χ0n) is 10.8. The number of rotatable bonds is 5. The van der Waals surface area contributed by atoms with E-state index in [1.165, 1.54) is 5.56 Å². The molecule has 0 saturated heterocycles. The summed E-state index contributed by atoms with van der Waals surface area (Å²) in [4.78, 5) is 11.5. The van der Waals surface area contributed by atoms with E-state index < -0.39 is 0 Å². The maximum Gasteiger partial charge on any atom is 0.250 e. The van der Waals surface area contributed by atoms with Crippen molar-refractivity contribution in [1.82, 2.24) is 9.88 Å². The number of hydrogen-bond donors (Lipinski definition) is 1. The van der Waals surface area contributed by atoms with Gasteiger partial charge in [-0.3, -0.25) is 4.79 Å². The van der Waals surface area contributed by atoms with Crippen LogP contribution in [0.3, 0.4) is 0 Å². The van der Waals surface area contributed by atoms with Gasteiger partial charge in [-0.05, 0) is 30.7 Å². The van der Waals surface area contributed by atoms with Crippen molar-refractivity contribution in [3.05, 3.63) is 69.1 Å². The van der Waals surface area contributed by atoms with Gasteiger partial charge in [0.05, 0.1) is 0 Å². The van der Waals surface area contributed by atoms with E-state index >= 15 is 0 Å². The standard InChI is InChI=1S/C15H17BrN2O/c1-12(13-5-4-6-14(16)11-13)17-8-10-18-9-3-2-7-15(18)19/h2-7,9,11-12,17H,8,10H2,1H3. The lowest BCUT2D eigenvalue weighted by atomic mass is 10.1. The maximum atomic E-state index is 11.5. The van der Waals surface area contributed by atoms with Gasteiger partial charge in [0.1, 0.15) is 0 Å². The Morgan fingerprint density at radius 2 is 2.11 bits per heavy atom. The first-order chi connectivity index (χ1) is 9.16. The fourth-order valence-electron chi connectivity index (χ4n) is 1.94. The zero-order valence-corrected chi connectivity index (χ0v) is 12.4. The van der Waals surface area contributed by atoms with Crippen LogP contribution in [0.25, 0.3) is 0 Å². The minimum atomic E-state index is 0.0411. The quantitative estimate of drug-likeness (QED) is 0.919. The van der Waals surface area contributed by atoms with Crippen LogP contribution in [-0.2, 0) is 6.54 Å². The number of benzene rings is 1. The maximum absolute atomic E-state index is 11.5. The Labute approximate surface area is 121 Å². The number of halogens is 1. The van der Waals surface area contributed by atoms with Gasteiger partial charge in [0, 0.05) is 35.9 Å². The second kappa shape index (κ2) is 6.68. The van der Waals surface area contributed by atoms with E-state index in [-0.39, 0.29) is 11.6 Å². The normalized spacial score (nSPS) is 12.3. The Bertz CT molecular complexity index is 594. The topological polar surface area (TPSA) is 34.0 Å². The smallest absolute Gasteiger partial charge is 0.250 e. The van der Waals surface area contributed by atoms with E-state index in [0.29, 0.717) is 6.54 Å². The summed E-state index contributed by atoms with van der Waals surface area (Å²) in [5, 5.41) is 3.42. The van der Waals surface area contributed by atoms with Gasteiger partial charge in [-0.25, -0.2) is 0 Å². The molecule has 3 nitrogen and oxygen atoms in total. The molecule has 1 N–H and O–H groups in total. The molecule has 0 spiro atoms.